The van der Waals surface area contributed by atoms with Gasteiger partial charge in [0.15, 0.2) is 6.10 Å². The molecule has 0 unspecified atom stereocenters. The van der Waals surface area contributed by atoms with Gasteiger partial charge in [0.05, 0.1) is 12.7 Å². The zero-order chi connectivity index (χ0) is 11.0. The molecule has 0 aliphatic carbocycles. The molecule has 3 heteroatoms. The summed E-state index contributed by atoms with van der Waals surface area (Å²) in [5, 5.41) is 0. The summed E-state index contributed by atoms with van der Waals surface area (Å²) < 4.78 is 11.5. The average molecular weight is 217 g/mol. The summed E-state index contributed by atoms with van der Waals surface area (Å²) in [4.78, 5) is 4.59. The van der Waals surface area contributed by atoms with Crippen LogP contribution >= 0.6 is 0 Å². The Bertz CT molecular complexity index is 402. The van der Waals surface area contributed by atoms with Crippen LogP contribution in [0.3, 0.4) is 0 Å². The summed E-state index contributed by atoms with van der Waals surface area (Å²) >= 11 is 0. The molecule has 3 rings (SSSR count). The average Bonchev–Trinajstić information content (AvgIpc) is 2.89. The Balaban J connectivity index is 1.82. The molecule has 3 atom stereocenters. The highest BCUT2D eigenvalue weighted by atomic mass is 16.6. The van der Waals surface area contributed by atoms with Gasteiger partial charge < -0.3 is 9.47 Å². The van der Waals surface area contributed by atoms with Crippen molar-refractivity contribution in [2.75, 3.05) is 6.61 Å². The fourth-order valence-electron chi connectivity index (χ4n) is 2.31. The molecule has 0 spiro atoms. The fourth-order valence-corrected chi connectivity index (χ4v) is 2.31. The van der Waals surface area contributed by atoms with Crippen LogP contribution in [0.25, 0.3) is 0 Å². The highest BCUT2D eigenvalue weighted by molar-refractivity contribution is 5.95. The molecular weight excluding hydrogens is 202 g/mol. The molecule has 0 N–H and O–H groups in total. The fraction of sp³-hybridized carbons (Fsp3) is 0.462. The van der Waals surface area contributed by atoms with E-state index < -0.39 is 0 Å². The predicted molar refractivity (Wildman–Crippen MR) is 61.7 cm³/mol. The predicted octanol–water partition coefficient (Wildman–Crippen LogP) is 2.01. The molecule has 2 heterocycles. The molecular formula is C13H15NO2. The maximum absolute atomic E-state index is 5.90. The van der Waals surface area contributed by atoms with E-state index in [-0.39, 0.29) is 18.2 Å². The summed E-state index contributed by atoms with van der Waals surface area (Å²) in [7, 11) is 0. The molecule has 3 nitrogen and oxygen atoms in total. The second-order valence-electron chi connectivity index (χ2n) is 4.23. The van der Waals surface area contributed by atoms with Crippen molar-refractivity contribution in [3.05, 3.63) is 35.9 Å². The first-order valence-electron chi connectivity index (χ1n) is 5.80. The topological polar surface area (TPSA) is 30.8 Å². The summed E-state index contributed by atoms with van der Waals surface area (Å²) in [6.07, 6.45) is 1.31. The molecule has 0 saturated carbocycles. The molecule has 0 amide bonds. The van der Waals surface area contributed by atoms with Crippen molar-refractivity contribution in [3.63, 3.8) is 0 Å². The quantitative estimate of drug-likeness (QED) is 0.758. The van der Waals surface area contributed by atoms with Gasteiger partial charge in [0.1, 0.15) is 6.04 Å². The molecule has 0 radical (unpaired) electrons. The Morgan fingerprint density at radius 3 is 2.88 bits per heavy atom. The second-order valence-corrected chi connectivity index (χ2v) is 4.23. The SMILES string of the molecule is CC[C@@H]1OC[C@@H]2N=C(c3ccccc3)O[C@@H]21. The van der Waals surface area contributed by atoms with Gasteiger partial charge in [0.25, 0.3) is 0 Å². The smallest absolute Gasteiger partial charge is 0.217 e. The normalized spacial score (nSPS) is 32.1. The van der Waals surface area contributed by atoms with Crippen molar-refractivity contribution in [2.24, 2.45) is 4.99 Å². The number of ether oxygens (including phenoxy) is 2. The van der Waals surface area contributed by atoms with Crippen LogP contribution in [-0.4, -0.2) is 30.8 Å². The summed E-state index contributed by atoms with van der Waals surface area (Å²) in [6, 6.07) is 10.3. The lowest BCUT2D eigenvalue weighted by Crippen LogP contribution is -2.28. The third-order valence-corrected chi connectivity index (χ3v) is 3.18. The Hall–Kier alpha value is -1.35. The van der Waals surface area contributed by atoms with Gasteiger partial charge in [-0.15, -0.1) is 0 Å². The van der Waals surface area contributed by atoms with E-state index in [0.29, 0.717) is 6.61 Å². The number of hydrogen-bond donors (Lipinski definition) is 0. The van der Waals surface area contributed by atoms with Crippen LogP contribution in [-0.2, 0) is 9.47 Å². The zero-order valence-electron chi connectivity index (χ0n) is 9.30. The van der Waals surface area contributed by atoms with E-state index in [9.17, 15) is 0 Å². The lowest BCUT2D eigenvalue weighted by atomic mass is 10.1. The van der Waals surface area contributed by atoms with E-state index in [0.717, 1.165) is 17.9 Å². The Morgan fingerprint density at radius 2 is 2.12 bits per heavy atom. The van der Waals surface area contributed by atoms with Crippen molar-refractivity contribution in [3.8, 4) is 0 Å². The standard InChI is InChI=1S/C13H15NO2/c1-2-11-12-10(8-15-11)14-13(16-12)9-6-4-3-5-7-9/h3-7,10-12H,2,8H2,1H3/t10-,11-,12-/m0/s1. The largest absolute Gasteiger partial charge is 0.469 e. The Labute approximate surface area is 95.1 Å². The molecule has 84 valence electrons. The van der Waals surface area contributed by atoms with Gasteiger partial charge in [0, 0.05) is 5.56 Å². The summed E-state index contributed by atoms with van der Waals surface area (Å²) in [6.45, 7) is 2.82. The molecule has 0 aromatic heterocycles. The molecule has 1 aromatic rings. The van der Waals surface area contributed by atoms with Gasteiger partial charge in [-0.2, -0.15) is 0 Å². The van der Waals surface area contributed by atoms with Gasteiger partial charge in [-0.05, 0) is 18.6 Å². The van der Waals surface area contributed by atoms with Crippen LogP contribution in [0.2, 0.25) is 0 Å². The van der Waals surface area contributed by atoms with Crippen molar-refractivity contribution in [1.29, 1.82) is 0 Å². The third kappa shape index (κ3) is 1.52. The lowest BCUT2D eigenvalue weighted by Gasteiger charge is -2.15. The molecule has 0 bridgehead atoms. The molecule has 16 heavy (non-hydrogen) atoms. The van der Waals surface area contributed by atoms with E-state index in [1.165, 1.54) is 0 Å². The van der Waals surface area contributed by atoms with Crippen molar-refractivity contribution in [1.82, 2.24) is 0 Å². The van der Waals surface area contributed by atoms with Crippen molar-refractivity contribution < 1.29 is 9.47 Å². The van der Waals surface area contributed by atoms with Gasteiger partial charge in [-0.3, -0.25) is 0 Å². The van der Waals surface area contributed by atoms with Crippen LogP contribution in [0.4, 0.5) is 0 Å². The minimum absolute atomic E-state index is 0.125. The van der Waals surface area contributed by atoms with E-state index >= 15 is 0 Å². The molecule has 1 aromatic carbocycles. The van der Waals surface area contributed by atoms with Crippen LogP contribution in [0, 0.1) is 0 Å². The van der Waals surface area contributed by atoms with Crippen LogP contribution in [0.5, 0.6) is 0 Å². The number of hydrogen-bond acceptors (Lipinski definition) is 3. The third-order valence-electron chi connectivity index (χ3n) is 3.18. The monoisotopic (exact) mass is 217 g/mol. The number of fused-ring (bicyclic) bond motifs is 1. The molecule has 1 saturated heterocycles. The summed E-state index contributed by atoms with van der Waals surface area (Å²) in [5.74, 6) is 0.775. The maximum atomic E-state index is 5.90. The first-order chi connectivity index (χ1) is 7.88. The first-order valence-corrected chi connectivity index (χ1v) is 5.80. The number of rotatable bonds is 2. The van der Waals surface area contributed by atoms with E-state index in [1.807, 2.05) is 30.3 Å². The molecule has 1 fully saturated rings. The van der Waals surface area contributed by atoms with E-state index in [1.54, 1.807) is 0 Å². The minimum Gasteiger partial charge on any atom is -0.469 e. The van der Waals surface area contributed by atoms with E-state index in [2.05, 4.69) is 11.9 Å². The van der Waals surface area contributed by atoms with Gasteiger partial charge in [-0.1, -0.05) is 25.1 Å². The number of benzene rings is 1. The molecule has 2 aliphatic rings. The summed E-state index contributed by atoms with van der Waals surface area (Å²) in [5.41, 5.74) is 1.06. The molecule has 2 aliphatic heterocycles. The van der Waals surface area contributed by atoms with E-state index in [4.69, 9.17) is 9.47 Å². The number of nitrogens with zero attached hydrogens (tertiary/aromatic N) is 1. The second kappa shape index (κ2) is 3.91. The van der Waals surface area contributed by atoms with Gasteiger partial charge >= 0.3 is 0 Å². The van der Waals surface area contributed by atoms with Crippen LogP contribution in [0.15, 0.2) is 35.3 Å². The van der Waals surface area contributed by atoms with Gasteiger partial charge in [-0.25, -0.2) is 4.99 Å². The zero-order valence-corrected chi connectivity index (χ0v) is 9.30. The van der Waals surface area contributed by atoms with Crippen molar-refractivity contribution in [2.45, 2.75) is 31.6 Å². The first kappa shape index (κ1) is 9.85. The Morgan fingerprint density at radius 1 is 1.31 bits per heavy atom. The Kier molecular flexibility index (Phi) is 2.40. The number of aliphatic imine (C=N–C) groups is 1. The minimum atomic E-state index is 0.125. The lowest BCUT2D eigenvalue weighted by molar-refractivity contribution is 0.0488. The highest BCUT2D eigenvalue weighted by Crippen LogP contribution is 2.29. The van der Waals surface area contributed by atoms with Crippen LogP contribution < -0.4 is 0 Å². The van der Waals surface area contributed by atoms with Crippen molar-refractivity contribution >= 4 is 5.90 Å². The van der Waals surface area contributed by atoms with Crippen LogP contribution in [0.1, 0.15) is 18.9 Å². The highest BCUT2D eigenvalue weighted by Gasteiger charge is 2.42. The van der Waals surface area contributed by atoms with Gasteiger partial charge in [0.2, 0.25) is 5.90 Å². The maximum Gasteiger partial charge on any atom is 0.217 e.